The minimum atomic E-state index is -4.05. The van der Waals surface area contributed by atoms with E-state index >= 15 is 0 Å². The molecule has 0 saturated carbocycles. The SMILES string of the molecule is Cc1ccc(C(C)NC(=O)c2cccc(S(=O)(=O)N(C)c3ccccc3F)c2)cc1C. The molecule has 1 atom stereocenters. The first-order valence-corrected chi connectivity index (χ1v) is 11.3. The maximum absolute atomic E-state index is 14.1. The highest BCUT2D eigenvalue weighted by molar-refractivity contribution is 7.92. The molecule has 7 heteroatoms. The molecule has 0 aliphatic carbocycles. The molecule has 3 aromatic rings. The maximum Gasteiger partial charge on any atom is 0.264 e. The van der Waals surface area contributed by atoms with E-state index in [-0.39, 0.29) is 22.2 Å². The summed E-state index contributed by atoms with van der Waals surface area (Å²) in [7, 11) is -2.77. The van der Waals surface area contributed by atoms with Gasteiger partial charge in [0.15, 0.2) is 0 Å². The van der Waals surface area contributed by atoms with Gasteiger partial charge in [-0.05, 0) is 67.8 Å². The van der Waals surface area contributed by atoms with Crippen LogP contribution in [0.1, 0.15) is 40.0 Å². The largest absolute Gasteiger partial charge is 0.346 e. The summed E-state index contributed by atoms with van der Waals surface area (Å²) >= 11 is 0. The fraction of sp³-hybridized carbons (Fsp3) is 0.208. The first-order chi connectivity index (χ1) is 14.6. The first kappa shape index (κ1) is 22.5. The predicted octanol–water partition coefficient (Wildman–Crippen LogP) is 4.76. The Kier molecular flexibility index (Phi) is 6.45. The van der Waals surface area contributed by atoms with Crippen LogP contribution in [-0.4, -0.2) is 21.4 Å². The van der Waals surface area contributed by atoms with Gasteiger partial charge in [-0.3, -0.25) is 9.10 Å². The van der Waals surface area contributed by atoms with Crippen molar-refractivity contribution < 1.29 is 17.6 Å². The van der Waals surface area contributed by atoms with Crippen molar-refractivity contribution in [3.63, 3.8) is 0 Å². The van der Waals surface area contributed by atoms with E-state index in [0.717, 1.165) is 15.4 Å². The number of halogens is 1. The van der Waals surface area contributed by atoms with Gasteiger partial charge >= 0.3 is 0 Å². The van der Waals surface area contributed by atoms with Gasteiger partial charge in [0.1, 0.15) is 5.82 Å². The molecule has 0 aliphatic rings. The number of anilines is 1. The average Bonchev–Trinajstić information content (AvgIpc) is 2.75. The number of hydrogen-bond donors (Lipinski definition) is 1. The topological polar surface area (TPSA) is 66.5 Å². The van der Waals surface area contributed by atoms with Gasteiger partial charge in [-0.25, -0.2) is 12.8 Å². The summed E-state index contributed by atoms with van der Waals surface area (Å²) in [5.74, 6) is -1.04. The molecule has 0 aromatic heterocycles. The summed E-state index contributed by atoms with van der Waals surface area (Å²) in [5, 5.41) is 2.90. The smallest absolute Gasteiger partial charge is 0.264 e. The number of sulfonamides is 1. The minimum absolute atomic E-state index is 0.0688. The van der Waals surface area contributed by atoms with Crippen LogP contribution in [0.4, 0.5) is 10.1 Å². The molecule has 0 radical (unpaired) electrons. The minimum Gasteiger partial charge on any atom is -0.346 e. The van der Waals surface area contributed by atoms with Crippen molar-refractivity contribution in [3.05, 3.63) is 94.8 Å². The standard InChI is InChI=1S/C24H25FN2O3S/c1-16-12-13-19(14-17(16)2)18(3)26-24(28)20-8-7-9-21(15-20)31(29,30)27(4)23-11-6-5-10-22(23)25/h5-15,18H,1-4H3,(H,26,28). The Morgan fingerprint density at radius 1 is 0.968 bits per heavy atom. The number of nitrogens with zero attached hydrogens (tertiary/aromatic N) is 1. The molecule has 0 spiro atoms. The highest BCUT2D eigenvalue weighted by Gasteiger charge is 2.24. The van der Waals surface area contributed by atoms with Crippen LogP contribution in [0.15, 0.2) is 71.6 Å². The number of nitrogens with one attached hydrogen (secondary N) is 1. The van der Waals surface area contributed by atoms with Gasteiger partial charge in [0.2, 0.25) is 0 Å². The van der Waals surface area contributed by atoms with E-state index in [2.05, 4.69) is 5.32 Å². The van der Waals surface area contributed by atoms with Crippen molar-refractivity contribution in [1.82, 2.24) is 5.32 Å². The lowest BCUT2D eigenvalue weighted by Gasteiger charge is -2.20. The van der Waals surface area contributed by atoms with E-state index in [1.165, 1.54) is 49.0 Å². The molecular formula is C24H25FN2O3S. The molecule has 1 unspecified atom stereocenters. The van der Waals surface area contributed by atoms with Gasteiger partial charge < -0.3 is 5.32 Å². The zero-order chi connectivity index (χ0) is 22.8. The number of rotatable bonds is 6. The van der Waals surface area contributed by atoms with Crippen LogP contribution >= 0.6 is 0 Å². The van der Waals surface area contributed by atoms with Gasteiger partial charge in [-0.15, -0.1) is 0 Å². The monoisotopic (exact) mass is 440 g/mol. The molecule has 5 nitrogen and oxygen atoms in total. The molecule has 0 bridgehead atoms. The second-order valence-corrected chi connectivity index (χ2v) is 9.46. The summed E-state index contributed by atoms with van der Waals surface area (Å²) in [6, 6.07) is 17.1. The summed E-state index contributed by atoms with van der Waals surface area (Å²) in [6.45, 7) is 5.90. The van der Waals surface area contributed by atoms with Crippen LogP contribution < -0.4 is 9.62 Å². The number of carbonyl (C=O) groups is 1. The van der Waals surface area contributed by atoms with Crippen molar-refractivity contribution >= 4 is 21.6 Å². The lowest BCUT2D eigenvalue weighted by atomic mass is 10.0. The zero-order valence-corrected chi connectivity index (χ0v) is 18.7. The van der Waals surface area contributed by atoms with Gasteiger partial charge in [-0.1, -0.05) is 36.4 Å². The van der Waals surface area contributed by atoms with E-state index < -0.39 is 21.7 Å². The highest BCUT2D eigenvalue weighted by atomic mass is 32.2. The van der Waals surface area contributed by atoms with Crippen LogP contribution in [0, 0.1) is 19.7 Å². The summed E-state index contributed by atoms with van der Waals surface area (Å²) in [5.41, 5.74) is 3.39. The predicted molar refractivity (Wildman–Crippen MR) is 120 cm³/mol. The Bertz CT molecular complexity index is 1220. The third kappa shape index (κ3) is 4.77. The average molecular weight is 441 g/mol. The van der Waals surface area contributed by atoms with Gasteiger partial charge in [0.05, 0.1) is 16.6 Å². The lowest BCUT2D eigenvalue weighted by molar-refractivity contribution is 0.0939. The van der Waals surface area contributed by atoms with E-state index in [4.69, 9.17) is 0 Å². The third-order valence-corrected chi connectivity index (χ3v) is 7.09. The van der Waals surface area contributed by atoms with Crippen LogP contribution in [0.3, 0.4) is 0 Å². The van der Waals surface area contributed by atoms with Gasteiger partial charge in [0, 0.05) is 12.6 Å². The summed E-state index contributed by atoms with van der Waals surface area (Å²) in [4.78, 5) is 12.7. The highest BCUT2D eigenvalue weighted by Crippen LogP contribution is 2.25. The normalized spacial score (nSPS) is 12.3. The fourth-order valence-corrected chi connectivity index (χ4v) is 4.44. The van der Waals surface area contributed by atoms with Crippen LogP contribution in [-0.2, 0) is 10.0 Å². The number of benzene rings is 3. The Morgan fingerprint density at radius 2 is 1.68 bits per heavy atom. The second kappa shape index (κ2) is 8.89. The van der Waals surface area contributed by atoms with E-state index in [1.54, 1.807) is 12.1 Å². The maximum atomic E-state index is 14.1. The third-order valence-electron chi connectivity index (χ3n) is 5.32. The molecule has 3 aromatic carbocycles. The van der Waals surface area contributed by atoms with E-state index in [1.807, 2.05) is 39.0 Å². The van der Waals surface area contributed by atoms with Gasteiger partial charge in [0.25, 0.3) is 15.9 Å². The first-order valence-electron chi connectivity index (χ1n) is 9.83. The molecule has 162 valence electrons. The van der Waals surface area contributed by atoms with Crippen LogP contribution in [0.2, 0.25) is 0 Å². The van der Waals surface area contributed by atoms with Crippen LogP contribution in [0.5, 0.6) is 0 Å². The summed E-state index contributed by atoms with van der Waals surface area (Å²) < 4.78 is 41.0. The number of hydrogen-bond acceptors (Lipinski definition) is 3. The lowest BCUT2D eigenvalue weighted by Crippen LogP contribution is -2.29. The van der Waals surface area contributed by atoms with Crippen molar-refractivity contribution in [2.75, 3.05) is 11.4 Å². The zero-order valence-electron chi connectivity index (χ0n) is 17.9. The number of para-hydroxylation sites is 1. The van der Waals surface area contributed by atoms with Crippen molar-refractivity contribution in [2.24, 2.45) is 0 Å². The molecule has 31 heavy (non-hydrogen) atoms. The van der Waals surface area contributed by atoms with Crippen LogP contribution in [0.25, 0.3) is 0 Å². The molecule has 3 rings (SSSR count). The Morgan fingerprint density at radius 3 is 2.35 bits per heavy atom. The molecule has 0 saturated heterocycles. The number of amides is 1. The van der Waals surface area contributed by atoms with Gasteiger partial charge in [-0.2, -0.15) is 0 Å². The Labute approximate surface area is 182 Å². The number of aryl methyl sites for hydroxylation is 2. The quantitative estimate of drug-likeness (QED) is 0.601. The molecule has 1 amide bonds. The van der Waals surface area contributed by atoms with Crippen molar-refractivity contribution in [2.45, 2.75) is 31.7 Å². The Hall–Kier alpha value is -3.19. The summed E-state index contributed by atoms with van der Waals surface area (Å²) in [6.07, 6.45) is 0. The molecule has 0 aliphatic heterocycles. The Balaban J connectivity index is 1.84. The van der Waals surface area contributed by atoms with E-state index in [0.29, 0.717) is 0 Å². The molecule has 1 N–H and O–H groups in total. The van der Waals surface area contributed by atoms with Crippen molar-refractivity contribution in [3.8, 4) is 0 Å². The number of carbonyl (C=O) groups excluding carboxylic acids is 1. The second-order valence-electron chi connectivity index (χ2n) is 7.49. The molecule has 0 fully saturated rings. The van der Waals surface area contributed by atoms with E-state index in [9.17, 15) is 17.6 Å². The fourth-order valence-electron chi connectivity index (χ4n) is 3.19. The molecule has 0 heterocycles. The van der Waals surface area contributed by atoms with Crippen molar-refractivity contribution in [1.29, 1.82) is 0 Å². The molecular weight excluding hydrogens is 415 g/mol.